The van der Waals surface area contributed by atoms with Gasteiger partial charge in [-0.3, -0.25) is 0 Å². The third-order valence-corrected chi connectivity index (χ3v) is 3.86. The van der Waals surface area contributed by atoms with Gasteiger partial charge < -0.3 is 5.32 Å². The fourth-order valence-corrected chi connectivity index (χ4v) is 2.46. The Hall–Kier alpha value is -1.76. The first kappa shape index (κ1) is 14.6. The number of hydrogen-bond acceptors (Lipinski definition) is 1. The summed E-state index contributed by atoms with van der Waals surface area (Å²) in [7, 11) is 0. The molecule has 0 saturated heterocycles. The third kappa shape index (κ3) is 3.41. The lowest BCUT2D eigenvalue weighted by Gasteiger charge is -2.18. The molecule has 0 heterocycles. The number of anilines is 1. The van der Waals surface area contributed by atoms with Gasteiger partial charge in [0.25, 0.3) is 0 Å². The molecule has 0 aliphatic rings. The molecule has 0 aliphatic carbocycles. The van der Waals surface area contributed by atoms with Gasteiger partial charge in [0.2, 0.25) is 0 Å². The van der Waals surface area contributed by atoms with Gasteiger partial charge in [0.15, 0.2) is 0 Å². The van der Waals surface area contributed by atoms with E-state index in [-0.39, 0.29) is 0 Å². The van der Waals surface area contributed by atoms with Crippen molar-refractivity contribution in [1.29, 1.82) is 0 Å². The van der Waals surface area contributed by atoms with E-state index in [1.54, 1.807) is 0 Å². The van der Waals surface area contributed by atoms with Crippen molar-refractivity contribution in [2.24, 2.45) is 0 Å². The van der Waals surface area contributed by atoms with Crippen LogP contribution in [0.2, 0.25) is 0 Å². The van der Waals surface area contributed by atoms with Crippen LogP contribution < -0.4 is 5.32 Å². The predicted molar refractivity (Wildman–Crippen MR) is 88.5 cm³/mol. The van der Waals surface area contributed by atoms with Gasteiger partial charge in [0, 0.05) is 11.7 Å². The van der Waals surface area contributed by atoms with Crippen molar-refractivity contribution < 1.29 is 0 Å². The Balaban J connectivity index is 2.13. The van der Waals surface area contributed by atoms with Crippen LogP contribution in [0.5, 0.6) is 0 Å². The molecule has 1 unspecified atom stereocenters. The minimum Gasteiger partial charge on any atom is -0.378 e. The molecule has 0 bridgehead atoms. The smallest absolute Gasteiger partial charge is 0.0485 e. The Morgan fingerprint density at radius 1 is 0.800 bits per heavy atom. The van der Waals surface area contributed by atoms with E-state index in [9.17, 15) is 0 Å². The maximum absolute atomic E-state index is 3.60. The van der Waals surface area contributed by atoms with Crippen molar-refractivity contribution >= 4 is 5.69 Å². The predicted octanol–water partition coefficient (Wildman–Crippen LogP) is 5.60. The maximum Gasteiger partial charge on any atom is 0.0485 e. The van der Waals surface area contributed by atoms with Crippen LogP contribution in [0.25, 0.3) is 0 Å². The summed E-state index contributed by atoms with van der Waals surface area (Å²) in [6, 6.07) is 15.8. The summed E-state index contributed by atoms with van der Waals surface area (Å²) in [6.45, 7) is 11.0. The second-order valence-corrected chi connectivity index (χ2v) is 6.01. The van der Waals surface area contributed by atoms with Gasteiger partial charge in [-0.05, 0) is 49.4 Å². The number of rotatable bonds is 4. The highest BCUT2D eigenvalue weighted by Crippen LogP contribution is 2.24. The number of aryl methyl sites for hydroxylation is 2. The molecule has 2 aromatic carbocycles. The molecular weight excluding hydrogens is 242 g/mol. The first-order valence-corrected chi connectivity index (χ1v) is 7.41. The van der Waals surface area contributed by atoms with Crippen LogP contribution in [0.4, 0.5) is 5.69 Å². The molecule has 0 amide bonds. The molecule has 0 radical (unpaired) electrons. The summed E-state index contributed by atoms with van der Waals surface area (Å²) in [6.07, 6.45) is 0. The lowest BCUT2D eigenvalue weighted by Crippen LogP contribution is -2.08. The minimum atomic E-state index is 0.317. The monoisotopic (exact) mass is 267 g/mol. The van der Waals surface area contributed by atoms with Crippen LogP contribution in [0.15, 0.2) is 42.5 Å². The third-order valence-electron chi connectivity index (χ3n) is 3.86. The summed E-state index contributed by atoms with van der Waals surface area (Å²) < 4.78 is 0. The van der Waals surface area contributed by atoms with Crippen molar-refractivity contribution in [3.8, 4) is 0 Å². The van der Waals surface area contributed by atoms with Crippen LogP contribution in [-0.4, -0.2) is 0 Å². The second-order valence-electron chi connectivity index (χ2n) is 6.01. The lowest BCUT2D eigenvalue weighted by molar-refractivity contribution is 0.851. The molecule has 0 aliphatic heterocycles. The topological polar surface area (TPSA) is 12.0 Å². The summed E-state index contributed by atoms with van der Waals surface area (Å²) >= 11 is 0. The van der Waals surface area contributed by atoms with Crippen LogP contribution in [0.1, 0.15) is 55.0 Å². The van der Waals surface area contributed by atoms with Crippen LogP contribution >= 0.6 is 0 Å². The van der Waals surface area contributed by atoms with Crippen LogP contribution in [-0.2, 0) is 0 Å². The second kappa shape index (κ2) is 6.13. The quantitative estimate of drug-likeness (QED) is 0.760. The first-order valence-electron chi connectivity index (χ1n) is 7.41. The minimum absolute atomic E-state index is 0.317. The largest absolute Gasteiger partial charge is 0.378 e. The Kier molecular flexibility index (Phi) is 4.49. The fraction of sp³-hybridized carbons (Fsp3) is 0.368. The highest BCUT2D eigenvalue weighted by molar-refractivity contribution is 5.53. The molecule has 1 atom stereocenters. The van der Waals surface area contributed by atoms with Crippen molar-refractivity contribution in [1.82, 2.24) is 0 Å². The molecule has 1 heteroatoms. The summed E-state index contributed by atoms with van der Waals surface area (Å²) in [5.74, 6) is 0.589. The van der Waals surface area contributed by atoms with E-state index in [0.717, 1.165) is 0 Å². The molecule has 0 fully saturated rings. The molecule has 2 rings (SSSR count). The van der Waals surface area contributed by atoms with Gasteiger partial charge in [-0.25, -0.2) is 0 Å². The van der Waals surface area contributed by atoms with E-state index >= 15 is 0 Å². The van der Waals surface area contributed by atoms with E-state index in [4.69, 9.17) is 0 Å². The Labute approximate surface area is 123 Å². The molecule has 0 saturated carbocycles. The van der Waals surface area contributed by atoms with E-state index < -0.39 is 0 Å². The van der Waals surface area contributed by atoms with Gasteiger partial charge in [-0.2, -0.15) is 0 Å². The SMILES string of the molecule is Cc1ccc(NC(C)c2ccc(C(C)C)cc2)c(C)c1. The molecule has 106 valence electrons. The van der Waals surface area contributed by atoms with Crippen molar-refractivity contribution in [2.45, 2.75) is 46.6 Å². The number of hydrogen-bond donors (Lipinski definition) is 1. The van der Waals surface area contributed by atoms with E-state index in [0.29, 0.717) is 12.0 Å². The molecular formula is C19H25N. The van der Waals surface area contributed by atoms with Crippen molar-refractivity contribution in [3.63, 3.8) is 0 Å². The van der Waals surface area contributed by atoms with Crippen LogP contribution in [0.3, 0.4) is 0 Å². The molecule has 1 N–H and O–H groups in total. The highest BCUT2D eigenvalue weighted by Gasteiger charge is 2.07. The van der Waals surface area contributed by atoms with Gasteiger partial charge >= 0.3 is 0 Å². The molecule has 0 spiro atoms. The lowest BCUT2D eigenvalue weighted by atomic mass is 9.99. The van der Waals surface area contributed by atoms with E-state index in [1.807, 2.05) is 0 Å². The normalized spacial score (nSPS) is 12.5. The molecule has 2 aromatic rings. The van der Waals surface area contributed by atoms with E-state index in [2.05, 4.69) is 82.4 Å². The standard InChI is InChI=1S/C19H25N/c1-13(2)17-7-9-18(10-8-17)16(5)20-19-11-6-14(3)12-15(19)4/h6-13,16,20H,1-5H3. The van der Waals surface area contributed by atoms with Crippen LogP contribution in [0, 0.1) is 13.8 Å². The Morgan fingerprint density at radius 2 is 1.40 bits per heavy atom. The first-order chi connectivity index (χ1) is 9.47. The summed E-state index contributed by atoms with van der Waals surface area (Å²) in [5.41, 5.74) is 6.55. The molecule has 1 nitrogen and oxygen atoms in total. The Bertz CT molecular complexity index is 567. The average Bonchev–Trinajstić information content (AvgIpc) is 2.42. The molecule has 20 heavy (non-hydrogen) atoms. The van der Waals surface area contributed by atoms with Crippen molar-refractivity contribution in [3.05, 3.63) is 64.7 Å². The zero-order valence-corrected chi connectivity index (χ0v) is 13.2. The average molecular weight is 267 g/mol. The van der Waals surface area contributed by atoms with Crippen molar-refractivity contribution in [2.75, 3.05) is 5.32 Å². The Morgan fingerprint density at radius 3 is 1.95 bits per heavy atom. The summed E-state index contributed by atoms with van der Waals surface area (Å²) in [4.78, 5) is 0. The van der Waals surface area contributed by atoms with Gasteiger partial charge in [-0.1, -0.05) is 55.8 Å². The van der Waals surface area contributed by atoms with E-state index in [1.165, 1.54) is 27.9 Å². The molecule has 0 aromatic heterocycles. The zero-order chi connectivity index (χ0) is 14.7. The maximum atomic E-state index is 3.60. The summed E-state index contributed by atoms with van der Waals surface area (Å²) in [5, 5.41) is 3.60. The van der Waals surface area contributed by atoms with Gasteiger partial charge in [0.05, 0.1) is 0 Å². The zero-order valence-electron chi connectivity index (χ0n) is 13.2. The number of nitrogens with one attached hydrogen (secondary N) is 1. The van der Waals surface area contributed by atoms with Gasteiger partial charge in [-0.15, -0.1) is 0 Å². The highest BCUT2D eigenvalue weighted by atomic mass is 14.9. The number of benzene rings is 2. The van der Waals surface area contributed by atoms with Gasteiger partial charge in [0.1, 0.15) is 0 Å². The fourth-order valence-electron chi connectivity index (χ4n) is 2.46.